The molecule has 2 aromatic rings. The Hall–Kier alpha value is -2.38. The predicted molar refractivity (Wildman–Crippen MR) is 98.1 cm³/mol. The SMILES string of the molecule is CCCCc1ccc([C@H]2C=C(Oc3ccc(S(C)(=O)=O)nc3)NO2)cc1. The molecule has 1 aliphatic heterocycles. The lowest BCUT2D eigenvalue weighted by Gasteiger charge is -2.08. The summed E-state index contributed by atoms with van der Waals surface area (Å²) in [5.74, 6) is 0.870. The number of unbranched alkanes of at least 4 members (excludes halogenated alkanes) is 1. The number of pyridine rings is 1. The second-order valence-electron chi connectivity index (χ2n) is 6.22. The number of rotatable bonds is 7. The van der Waals surface area contributed by atoms with Crippen molar-refractivity contribution < 1.29 is 18.0 Å². The van der Waals surface area contributed by atoms with Crippen molar-refractivity contribution in [1.82, 2.24) is 10.5 Å². The molecule has 1 aromatic carbocycles. The highest BCUT2D eigenvalue weighted by Crippen LogP contribution is 2.26. The number of hydroxylamine groups is 1. The van der Waals surface area contributed by atoms with Crippen molar-refractivity contribution in [2.45, 2.75) is 37.3 Å². The van der Waals surface area contributed by atoms with Crippen LogP contribution in [0.25, 0.3) is 0 Å². The van der Waals surface area contributed by atoms with Gasteiger partial charge >= 0.3 is 0 Å². The molecule has 3 rings (SSSR count). The van der Waals surface area contributed by atoms with Crippen LogP contribution in [-0.4, -0.2) is 19.7 Å². The zero-order chi connectivity index (χ0) is 18.6. The lowest BCUT2D eigenvalue weighted by atomic mass is 10.0. The summed E-state index contributed by atoms with van der Waals surface area (Å²) in [7, 11) is -3.32. The normalized spacial score (nSPS) is 16.8. The average Bonchev–Trinajstić information content (AvgIpc) is 3.08. The van der Waals surface area contributed by atoms with E-state index >= 15 is 0 Å². The largest absolute Gasteiger partial charge is 0.438 e. The molecule has 0 spiro atoms. The van der Waals surface area contributed by atoms with Gasteiger partial charge in [-0.25, -0.2) is 18.9 Å². The Morgan fingerprint density at radius 2 is 1.96 bits per heavy atom. The van der Waals surface area contributed by atoms with Gasteiger partial charge in [-0.2, -0.15) is 0 Å². The van der Waals surface area contributed by atoms with E-state index in [2.05, 4.69) is 41.7 Å². The summed E-state index contributed by atoms with van der Waals surface area (Å²) in [5.41, 5.74) is 5.09. The van der Waals surface area contributed by atoms with Gasteiger partial charge < -0.3 is 4.74 Å². The highest BCUT2D eigenvalue weighted by molar-refractivity contribution is 7.90. The van der Waals surface area contributed by atoms with Crippen LogP contribution in [-0.2, 0) is 21.1 Å². The molecule has 0 fully saturated rings. The maximum Gasteiger partial charge on any atom is 0.216 e. The molecule has 1 aromatic heterocycles. The minimum absolute atomic E-state index is 0.00972. The third-order valence-corrected chi connectivity index (χ3v) is 5.03. The Morgan fingerprint density at radius 3 is 2.58 bits per heavy atom. The first-order valence-corrected chi connectivity index (χ1v) is 10.4. The number of benzene rings is 1. The second kappa shape index (κ2) is 7.88. The van der Waals surface area contributed by atoms with Crippen molar-refractivity contribution in [3.8, 4) is 5.75 Å². The Kier molecular flexibility index (Phi) is 5.58. The molecule has 1 atom stereocenters. The van der Waals surface area contributed by atoms with Crippen LogP contribution in [0.5, 0.6) is 5.75 Å². The highest BCUT2D eigenvalue weighted by atomic mass is 32.2. The van der Waals surface area contributed by atoms with Crippen molar-refractivity contribution >= 4 is 9.84 Å². The second-order valence-corrected chi connectivity index (χ2v) is 8.19. The van der Waals surface area contributed by atoms with Crippen LogP contribution >= 0.6 is 0 Å². The molecule has 6 nitrogen and oxygen atoms in total. The fourth-order valence-corrected chi connectivity index (χ4v) is 3.13. The zero-order valence-corrected chi connectivity index (χ0v) is 15.6. The van der Waals surface area contributed by atoms with E-state index in [4.69, 9.17) is 9.57 Å². The molecule has 0 bridgehead atoms. The van der Waals surface area contributed by atoms with Crippen molar-refractivity contribution in [3.63, 3.8) is 0 Å². The zero-order valence-electron chi connectivity index (χ0n) is 14.8. The van der Waals surface area contributed by atoms with Gasteiger partial charge in [-0.05, 0) is 36.1 Å². The Balaban J connectivity index is 1.64. The van der Waals surface area contributed by atoms with Gasteiger partial charge in [0.25, 0.3) is 0 Å². The molecular weight excluding hydrogens is 352 g/mol. The quantitative estimate of drug-likeness (QED) is 0.801. The summed E-state index contributed by atoms with van der Waals surface area (Å²) >= 11 is 0. The summed E-state index contributed by atoms with van der Waals surface area (Å²) < 4.78 is 28.5. The molecule has 0 aliphatic carbocycles. The van der Waals surface area contributed by atoms with Gasteiger partial charge in [0.2, 0.25) is 5.88 Å². The van der Waals surface area contributed by atoms with Crippen molar-refractivity contribution in [1.29, 1.82) is 0 Å². The first-order valence-electron chi connectivity index (χ1n) is 8.52. The molecule has 0 radical (unpaired) electrons. The van der Waals surface area contributed by atoms with Crippen LogP contribution < -0.4 is 10.2 Å². The third kappa shape index (κ3) is 4.62. The average molecular weight is 374 g/mol. The van der Waals surface area contributed by atoms with E-state index in [-0.39, 0.29) is 11.1 Å². The molecule has 1 N–H and O–H groups in total. The minimum atomic E-state index is -3.32. The number of aromatic nitrogens is 1. The van der Waals surface area contributed by atoms with Crippen LogP contribution in [0, 0.1) is 0 Å². The Labute approximate surface area is 153 Å². The Morgan fingerprint density at radius 1 is 1.19 bits per heavy atom. The van der Waals surface area contributed by atoms with Crippen LogP contribution in [0.15, 0.2) is 59.6 Å². The molecule has 2 heterocycles. The summed E-state index contributed by atoms with van der Waals surface area (Å²) in [6, 6.07) is 11.3. The van der Waals surface area contributed by atoms with Crippen LogP contribution in [0.1, 0.15) is 37.0 Å². The number of nitrogens with one attached hydrogen (secondary N) is 1. The van der Waals surface area contributed by atoms with Crippen molar-refractivity contribution in [3.05, 3.63) is 65.7 Å². The fourth-order valence-electron chi connectivity index (χ4n) is 2.57. The first kappa shape index (κ1) is 18.4. The monoisotopic (exact) mass is 374 g/mol. The minimum Gasteiger partial charge on any atom is -0.438 e. The molecule has 0 saturated carbocycles. The van der Waals surface area contributed by atoms with Crippen LogP contribution in [0.3, 0.4) is 0 Å². The number of ether oxygens (including phenoxy) is 1. The van der Waals surface area contributed by atoms with Gasteiger partial charge in [0.15, 0.2) is 14.9 Å². The number of aryl methyl sites for hydroxylation is 1. The highest BCUT2D eigenvalue weighted by Gasteiger charge is 2.20. The van der Waals surface area contributed by atoms with E-state index in [1.165, 1.54) is 30.7 Å². The fraction of sp³-hybridized carbons (Fsp3) is 0.316. The topological polar surface area (TPSA) is 77.5 Å². The molecule has 0 amide bonds. The van der Waals surface area contributed by atoms with Gasteiger partial charge in [-0.1, -0.05) is 37.6 Å². The van der Waals surface area contributed by atoms with E-state index in [0.717, 1.165) is 18.2 Å². The van der Waals surface area contributed by atoms with E-state index < -0.39 is 9.84 Å². The van der Waals surface area contributed by atoms with E-state index in [1.807, 2.05) is 6.08 Å². The molecule has 0 unspecified atom stereocenters. The Bertz CT molecular complexity index is 875. The number of nitrogens with zero attached hydrogens (tertiary/aromatic N) is 1. The summed E-state index contributed by atoms with van der Waals surface area (Å²) in [4.78, 5) is 9.43. The first-order chi connectivity index (χ1) is 12.5. The molecule has 7 heteroatoms. The van der Waals surface area contributed by atoms with E-state index in [1.54, 1.807) is 6.07 Å². The number of sulfone groups is 1. The third-order valence-electron chi connectivity index (χ3n) is 4.03. The smallest absolute Gasteiger partial charge is 0.216 e. The van der Waals surface area contributed by atoms with Crippen molar-refractivity contribution in [2.24, 2.45) is 0 Å². The lowest BCUT2D eigenvalue weighted by molar-refractivity contribution is 0.0273. The van der Waals surface area contributed by atoms with Crippen LogP contribution in [0.2, 0.25) is 0 Å². The standard InChI is InChI=1S/C19H22N2O4S/c1-3-4-5-14-6-8-15(9-7-14)17-12-18(21-25-17)24-16-10-11-19(20-13-16)26(2,22)23/h6-13,17,21H,3-5H2,1-2H3/t17-/m1/s1. The predicted octanol–water partition coefficient (Wildman–Crippen LogP) is 3.32. The molecule has 138 valence electrons. The maximum absolute atomic E-state index is 11.4. The summed E-state index contributed by atoms with van der Waals surface area (Å²) in [6.07, 6.45) is 7.52. The molecule has 1 aliphatic rings. The van der Waals surface area contributed by atoms with E-state index in [0.29, 0.717) is 11.6 Å². The van der Waals surface area contributed by atoms with Gasteiger partial charge in [-0.3, -0.25) is 4.84 Å². The summed E-state index contributed by atoms with van der Waals surface area (Å²) in [6.45, 7) is 2.18. The molecule has 0 saturated heterocycles. The lowest BCUT2D eigenvalue weighted by Crippen LogP contribution is -2.12. The number of hydrogen-bond acceptors (Lipinski definition) is 6. The molecule has 26 heavy (non-hydrogen) atoms. The van der Waals surface area contributed by atoms with Gasteiger partial charge in [0.1, 0.15) is 11.9 Å². The maximum atomic E-state index is 11.4. The van der Waals surface area contributed by atoms with Gasteiger partial charge in [0.05, 0.1) is 6.20 Å². The van der Waals surface area contributed by atoms with Gasteiger partial charge in [-0.15, -0.1) is 0 Å². The molecular formula is C19H22N2O4S. The van der Waals surface area contributed by atoms with Gasteiger partial charge in [0, 0.05) is 12.3 Å². The van der Waals surface area contributed by atoms with Crippen molar-refractivity contribution in [2.75, 3.05) is 6.26 Å². The van der Waals surface area contributed by atoms with E-state index in [9.17, 15) is 8.42 Å². The summed E-state index contributed by atoms with van der Waals surface area (Å²) in [5, 5.41) is 0.00972. The number of hydrogen-bond donors (Lipinski definition) is 1. The van der Waals surface area contributed by atoms with Crippen LogP contribution in [0.4, 0.5) is 0 Å².